The fourth-order valence-electron chi connectivity index (χ4n) is 4.67. The molecular formula is C26H32ClN3O5. The first kappa shape index (κ1) is 25.4. The molecule has 35 heavy (non-hydrogen) atoms. The third-order valence-corrected chi connectivity index (χ3v) is 6.64. The highest BCUT2D eigenvalue weighted by Crippen LogP contribution is 2.29. The zero-order valence-electron chi connectivity index (χ0n) is 19.7. The Labute approximate surface area is 210 Å². The van der Waals surface area contributed by atoms with Crippen LogP contribution in [0.5, 0.6) is 0 Å². The lowest BCUT2D eigenvalue weighted by atomic mass is 9.94. The number of hydrogen-bond donors (Lipinski definition) is 3. The molecule has 4 rings (SSSR count). The van der Waals surface area contributed by atoms with Crippen molar-refractivity contribution >= 4 is 29.2 Å². The molecule has 5 atom stereocenters. The summed E-state index contributed by atoms with van der Waals surface area (Å²) in [6.07, 6.45) is 0.0126. The normalized spacial score (nSPS) is 25.5. The van der Waals surface area contributed by atoms with Crippen LogP contribution in [0.4, 0.5) is 10.5 Å². The summed E-state index contributed by atoms with van der Waals surface area (Å²) in [6, 6.07) is 16.0. The largest absolute Gasteiger partial charge is 0.389 e. The Kier molecular flexibility index (Phi) is 8.62. The number of aliphatic hydroxyl groups excluding tert-OH is 1. The zero-order valence-corrected chi connectivity index (χ0v) is 20.5. The Hall–Kier alpha value is -2.65. The molecule has 3 N–H and O–H groups in total. The van der Waals surface area contributed by atoms with Gasteiger partial charge in [-0.1, -0.05) is 48.0 Å². The van der Waals surface area contributed by atoms with Crippen LogP contribution in [0.2, 0.25) is 5.02 Å². The summed E-state index contributed by atoms with van der Waals surface area (Å²) in [4.78, 5) is 27.5. The first-order valence-electron chi connectivity index (χ1n) is 12.0. The molecule has 3 amide bonds. The summed E-state index contributed by atoms with van der Waals surface area (Å²) in [6.45, 7) is 2.42. The number of urea groups is 1. The van der Waals surface area contributed by atoms with Gasteiger partial charge in [-0.25, -0.2) is 4.79 Å². The summed E-state index contributed by atoms with van der Waals surface area (Å²) < 4.78 is 11.9. The van der Waals surface area contributed by atoms with Crippen LogP contribution in [0.15, 0.2) is 54.6 Å². The van der Waals surface area contributed by atoms with Gasteiger partial charge in [-0.05, 0) is 43.5 Å². The van der Waals surface area contributed by atoms with Crippen LogP contribution >= 0.6 is 11.6 Å². The molecule has 8 nitrogen and oxygen atoms in total. The minimum atomic E-state index is -0.802. The van der Waals surface area contributed by atoms with E-state index in [1.165, 1.54) is 0 Å². The van der Waals surface area contributed by atoms with Crippen molar-refractivity contribution in [3.05, 3.63) is 65.2 Å². The van der Waals surface area contributed by atoms with Crippen molar-refractivity contribution < 1.29 is 24.2 Å². The highest BCUT2D eigenvalue weighted by molar-refractivity contribution is 6.30. The van der Waals surface area contributed by atoms with Crippen LogP contribution < -0.4 is 10.6 Å². The van der Waals surface area contributed by atoms with Crippen LogP contribution in [0.25, 0.3) is 0 Å². The number of halogens is 1. The molecule has 2 fully saturated rings. The number of benzene rings is 2. The first-order chi connectivity index (χ1) is 16.9. The van der Waals surface area contributed by atoms with Crippen molar-refractivity contribution in [2.75, 3.05) is 25.1 Å². The Morgan fingerprint density at radius 3 is 2.71 bits per heavy atom. The average Bonchev–Trinajstić information content (AvgIpc) is 2.82. The molecule has 2 aromatic carbocycles. The Morgan fingerprint density at radius 2 is 1.94 bits per heavy atom. The quantitative estimate of drug-likeness (QED) is 0.579. The first-order valence-corrected chi connectivity index (χ1v) is 12.4. The van der Waals surface area contributed by atoms with Gasteiger partial charge in [-0.2, -0.15) is 0 Å². The van der Waals surface area contributed by atoms with Crippen molar-refractivity contribution in [2.45, 2.75) is 56.6 Å². The van der Waals surface area contributed by atoms with E-state index in [9.17, 15) is 14.7 Å². The third kappa shape index (κ3) is 6.95. The molecule has 0 radical (unpaired) electrons. The van der Waals surface area contributed by atoms with E-state index >= 15 is 0 Å². The standard InChI is InChI=1S/C26H32ClN3O5/c1-17(18-6-3-2-4-7-18)28-25(32)13-22-10-11-23-24(35-22)16-34-15-21(31)14-30(23)26(33)29-20-9-5-8-19(27)12-20/h2-9,12,17,21-24,31H,10-11,13-16H2,1H3,(H,28,32)(H,29,33)/t17-,21-,22-,23+,24-/m0/s1. The molecule has 0 aromatic heterocycles. The molecule has 2 heterocycles. The monoisotopic (exact) mass is 501 g/mol. The molecule has 2 aliphatic rings. The second kappa shape index (κ2) is 11.9. The number of ether oxygens (including phenoxy) is 2. The van der Waals surface area contributed by atoms with E-state index < -0.39 is 12.2 Å². The summed E-state index contributed by atoms with van der Waals surface area (Å²) in [5, 5.41) is 16.7. The second-order valence-corrected chi connectivity index (χ2v) is 9.57. The predicted octanol–water partition coefficient (Wildman–Crippen LogP) is 3.75. The van der Waals surface area contributed by atoms with E-state index in [0.29, 0.717) is 23.6 Å². The van der Waals surface area contributed by atoms with Gasteiger partial charge in [0.05, 0.1) is 50.5 Å². The number of fused-ring (bicyclic) bond motifs is 1. The van der Waals surface area contributed by atoms with Gasteiger partial charge in [0.1, 0.15) is 6.10 Å². The van der Waals surface area contributed by atoms with E-state index in [4.69, 9.17) is 21.1 Å². The minimum Gasteiger partial charge on any atom is -0.389 e. The van der Waals surface area contributed by atoms with Crippen molar-refractivity contribution in [1.82, 2.24) is 10.2 Å². The van der Waals surface area contributed by atoms with Crippen LogP contribution in [0.3, 0.4) is 0 Å². The molecule has 0 saturated carbocycles. The molecule has 2 aromatic rings. The van der Waals surface area contributed by atoms with Gasteiger partial charge in [0.15, 0.2) is 0 Å². The molecule has 0 bridgehead atoms. The number of nitrogens with one attached hydrogen (secondary N) is 2. The molecule has 2 saturated heterocycles. The molecular weight excluding hydrogens is 470 g/mol. The number of rotatable bonds is 5. The highest BCUT2D eigenvalue weighted by atomic mass is 35.5. The van der Waals surface area contributed by atoms with Gasteiger partial charge in [-0.3, -0.25) is 4.79 Å². The lowest BCUT2D eigenvalue weighted by Gasteiger charge is -2.44. The van der Waals surface area contributed by atoms with Crippen LogP contribution in [-0.4, -0.2) is 66.1 Å². The number of hydrogen-bond acceptors (Lipinski definition) is 5. The maximum atomic E-state index is 13.2. The SMILES string of the molecule is C[C@H](NC(=O)C[C@@H]1CC[C@@H]2[C@H](COC[C@@H](O)CN2C(=O)Nc2cccc(Cl)c2)O1)c1ccccc1. The summed E-state index contributed by atoms with van der Waals surface area (Å²) in [5.41, 5.74) is 1.62. The van der Waals surface area contributed by atoms with Crippen LogP contribution in [0, 0.1) is 0 Å². The van der Waals surface area contributed by atoms with Gasteiger partial charge >= 0.3 is 6.03 Å². The molecule has 0 aliphatic carbocycles. The van der Waals surface area contributed by atoms with E-state index in [0.717, 1.165) is 5.56 Å². The van der Waals surface area contributed by atoms with Gasteiger partial charge in [0, 0.05) is 10.7 Å². The number of carbonyl (C=O) groups excluding carboxylic acids is 2. The second-order valence-electron chi connectivity index (χ2n) is 9.13. The van der Waals surface area contributed by atoms with E-state index in [-0.39, 0.29) is 56.3 Å². The molecule has 188 valence electrons. The summed E-state index contributed by atoms with van der Waals surface area (Å²) in [5.74, 6) is -0.0810. The molecule has 2 aliphatic heterocycles. The van der Waals surface area contributed by atoms with Gasteiger partial charge in [0.2, 0.25) is 5.91 Å². The van der Waals surface area contributed by atoms with Gasteiger partial charge in [-0.15, -0.1) is 0 Å². The van der Waals surface area contributed by atoms with E-state index in [1.807, 2.05) is 37.3 Å². The molecule has 0 spiro atoms. The fourth-order valence-corrected chi connectivity index (χ4v) is 4.86. The van der Waals surface area contributed by atoms with Crippen LogP contribution in [0.1, 0.15) is 37.8 Å². The van der Waals surface area contributed by atoms with E-state index in [1.54, 1.807) is 29.2 Å². The third-order valence-electron chi connectivity index (χ3n) is 6.41. The smallest absolute Gasteiger partial charge is 0.322 e. The lowest BCUT2D eigenvalue weighted by molar-refractivity contribution is -0.150. The minimum absolute atomic E-state index is 0.0810. The maximum Gasteiger partial charge on any atom is 0.322 e. The zero-order chi connectivity index (χ0) is 24.8. The van der Waals surface area contributed by atoms with Crippen molar-refractivity contribution in [3.63, 3.8) is 0 Å². The number of β-amino-alcohol motifs (C(OH)–C–C–N with tert-alkyl or cyclic N) is 1. The molecule has 0 unspecified atom stereocenters. The van der Waals surface area contributed by atoms with Gasteiger partial charge < -0.3 is 30.1 Å². The lowest BCUT2D eigenvalue weighted by Crippen LogP contribution is -2.58. The number of anilines is 1. The number of aliphatic hydroxyl groups is 1. The summed E-state index contributed by atoms with van der Waals surface area (Å²) in [7, 11) is 0. The van der Waals surface area contributed by atoms with Crippen molar-refractivity contribution in [1.29, 1.82) is 0 Å². The number of nitrogens with zero attached hydrogens (tertiary/aromatic N) is 1. The Morgan fingerprint density at radius 1 is 1.14 bits per heavy atom. The maximum absolute atomic E-state index is 13.2. The van der Waals surface area contributed by atoms with Crippen molar-refractivity contribution in [2.24, 2.45) is 0 Å². The molecule has 9 heteroatoms. The summed E-state index contributed by atoms with van der Waals surface area (Å²) >= 11 is 6.05. The number of amides is 3. The van der Waals surface area contributed by atoms with Crippen LogP contribution in [-0.2, 0) is 14.3 Å². The van der Waals surface area contributed by atoms with Crippen molar-refractivity contribution in [3.8, 4) is 0 Å². The highest BCUT2D eigenvalue weighted by Gasteiger charge is 2.40. The Bertz CT molecular complexity index is 1010. The van der Waals surface area contributed by atoms with E-state index in [2.05, 4.69) is 10.6 Å². The number of carbonyl (C=O) groups is 2. The van der Waals surface area contributed by atoms with Gasteiger partial charge in [0.25, 0.3) is 0 Å². The fraction of sp³-hybridized carbons (Fsp3) is 0.462. The Balaban J connectivity index is 1.38. The average molecular weight is 502 g/mol. The topological polar surface area (TPSA) is 100 Å². The predicted molar refractivity (Wildman–Crippen MR) is 133 cm³/mol.